The molecule has 0 fully saturated rings. The van der Waals surface area contributed by atoms with Gasteiger partial charge in [-0.2, -0.15) is 5.26 Å². The van der Waals surface area contributed by atoms with E-state index in [0.717, 1.165) is 19.0 Å². The molecule has 0 atom stereocenters. The summed E-state index contributed by atoms with van der Waals surface area (Å²) in [5.74, 6) is -0.0476. The normalized spacial score (nSPS) is 10.2. The van der Waals surface area contributed by atoms with E-state index in [2.05, 4.69) is 10.3 Å². The summed E-state index contributed by atoms with van der Waals surface area (Å²) < 4.78 is 5.28. The van der Waals surface area contributed by atoms with E-state index in [9.17, 15) is 10.1 Å². The third-order valence-corrected chi connectivity index (χ3v) is 2.27. The molecule has 102 valence electrons. The van der Waals surface area contributed by atoms with Gasteiger partial charge in [-0.25, -0.2) is 4.98 Å². The van der Waals surface area contributed by atoms with Gasteiger partial charge >= 0.3 is 5.69 Å². The predicted octanol–water partition coefficient (Wildman–Crippen LogP) is 1.63. The van der Waals surface area contributed by atoms with E-state index in [1.54, 1.807) is 6.07 Å². The van der Waals surface area contributed by atoms with Crippen molar-refractivity contribution in [3.63, 3.8) is 0 Å². The molecule has 1 heterocycles. The molecule has 0 saturated carbocycles. The van der Waals surface area contributed by atoms with E-state index in [0.29, 0.717) is 12.6 Å². The maximum Gasteiger partial charge on any atom is 0.332 e. The van der Waals surface area contributed by atoms with Crippen LogP contribution in [0.4, 0.5) is 5.69 Å². The Morgan fingerprint density at radius 2 is 2.37 bits per heavy atom. The third kappa shape index (κ3) is 4.89. The number of pyridine rings is 1. The Labute approximate surface area is 111 Å². The lowest BCUT2D eigenvalue weighted by Crippen LogP contribution is -2.24. The van der Waals surface area contributed by atoms with Gasteiger partial charge in [0.2, 0.25) is 0 Å². The summed E-state index contributed by atoms with van der Waals surface area (Å²) in [6.07, 6.45) is 1.98. The van der Waals surface area contributed by atoms with Crippen LogP contribution in [0.5, 0.6) is 5.88 Å². The van der Waals surface area contributed by atoms with Crippen LogP contribution < -0.4 is 10.1 Å². The van der Waals surface area contributed by atoms with Crippen LogP contribution >= 0.6 is 0 Å². The highest BCUT2D eigenvalue weighted by Crippen LogP contribution is 2.24. The van der Waals surface area contributed by atoms with Crippen molar-refractivity contribution < 1.29 is 9.66 Å². The monoisotopic (exact) mass is 264 g/mol. The number of rotatable bonds is 7. The molecule has 1 N–H and O–H groups in total. The van der Waals surface area contributed by atoms with Gasteiger partial charge in [-0.3, -0.25) is 10.1 Å². The first kappa shape index (κ1) is 14.9. The standard InChI is InChI=1S/C12H16N4O3/c1-9(2)14-4-3-5-19-12-11(16(17)18)6-10(7-13)8-15-12/h6,8-9,14H,3-5H2,1-2H3. The summed E-state index contributed by atoms with van der Waals surface area (Å²) in [6, 6.07) is 3.36. The second-order valence-electron chi connectivity index (χ2n) is 4.23. The topological polar surface area (TPSA) is 101 Å². The van der Waals surface area contributed by atoms with Gasteiger partial charge < -0.3 is 10.1 Å². The minimum atomic E-state index is -0.602. The largest absolute Gasteiger partial charge is 0.473 e. The molecule has 0 bridgehead atoms. The van der Waals surface area contributed by atoms with Crippen LogP contribution in [0.2, 0.25) is 0 Å². The first-order chi connectivity index (χ1) is 9.04. The zero-order valence-electron chi connectivity index (χ0n) is 10.9. The zero-order chi connectivity index (χ0) is 14.3. The lowest BCUT2D eigenvalue weighted by Gasteiger charge is -2.08. The van der Waals surface area contributed by atoms with E-state index in [1.165, 1.54) is 6.20 Å². The molecule has 0 aromatic carbocycles. The van der Waals surface area contributed by atoms with Crippen molar-refractivity contribution in [2.75, 3.05) is 13.2 Å². The molecule has 7 nitrogen and oxygen atoms in total. The summed E-state index contributed by atoms with van der Waals surface area (Å²) >= 11 is 0. The number of hydrogen-bond acceptors (Lipinski definition) is 6. The average Bonchev–Trinajstić information content (AvgIpc) is 2.38. The number of nitriles is 1. The molecule has 0 saturated heterocycles. The molecular weight excluding hydrogens is 248 g/mol. The summed E-state index contributed by atoms with van der Waals surface area (Å²) in [6.45, 7) is 5.17. The molecule has 7 heteroatoms. The van der Waals surface area contributed by atoms with Crippen LogP contribution in [0.1, 0.15) is 25.8 Å². The quantitative estimate of drug-likeness (QED) is 0.456. The molecular formula is C12H16N4O3. The highest BCUT2D eigenvalue weighted by atomic mass is 16.6. The van der Waals surface area contributed by atoms with E-state index < -0.39 is 4.92 Å². The summed E-state index contributed by atoms with van der Waals surface area (Å²) in [4.78, 5) is 14.0. The lowest BCUT2D eigenvalue weighted by molar-refractivity contribution is -0.386. The molecule has 0 aliphatic rings. The van der Waals surface area contributed by atoms with Gasteiger partial charge in [0, 0.05) is 18.3 Å². The van der Waals surface area contributed by atoms with Crippen LogP contribution in [0.15, 0.2) is 12.3 Å². The lowest BCUT2D eigenvalue weighted by atomic mass is 10.3. The fourth-order valence-corrected chi connectivity index (χ4v) is 1.38. The van der Waals surface area contributed by atoms with Crippen LogP contribution in [-0.4, -0.2) is 29.1 Å². The molecule has 0 spiro atoms. The smallest absolute Gasteiger partial charge is 0.332 e. The van der Waals surface area contributed by atoms with Crippen molar-refractivity contribution in [2.24, 2.45) is 0 Å². The SMILES string of the molecule is CC(C)NCCCOc1ncc(C#N)cc1[N+](=O)[O-]. The number of aromatic nitrogens is 1. The first-order valence-electron chi connectivity index (χ1n) is 5.95. The maximum atomic E-state index is 10.8. The molecule has 19 heavy (non-hydrogen) atoms. The molecule has 1 rings (SSSR count). The predicted molar refractivity (Wildman–Crippen MR) is 68.9 cm³/mol. The zero-order valence-corrected chi connectivity index (χ0v) is 10.9. The van der Waals surface area contributed by atoms with Gasteiger partial charge in [-0.1, -0.05) is 13.8 Å². The van der Waals surface area contributed by atoms with Crippen LogP contribution in [0.3, 0.4) is 0 Å². The summed E-state index contributed by atoms with van der Waals surface area (Å²) in [7, 11) is 0. The molecule has 1 aromatic rings. The Kier molecular flexibility index (Phi) is 5.70. The molecule has 1 aromatic heterocycles. The second kappa shape index (κ2) is 7.28. The highest BCUT2D eigenvalue weighted by molar-refractivity contribution is 5.46. The van der Waals surface area contributed by atoms with Crippen molar-refractivity contribution in [1.29, 1.82) is 5.26 Å². The number of ether oxygens (including phenoxy) is 1. The molecule has 0 aliphatic carbocycles. The molecule has 0 unspecified atom stereocenters. The number of nitrogens with zero attached hydrogens (tertiary/aromatic N) is 3. The van der Waals surface area contributed by atoms with Gasteiger partial charge in [0.25, 0.3) is 5.88 Å². The Morgan fingerprint density at radius 1 is 1.63 bits per heavy atom. The Morgan fingerprint density at radius 3 is 2.95 bits per heavy atom. The second-order valence-corrected chi connectivity index (χ2v) is 4.23. The van der Waals surface area contributed by atoms with Crippen molar-refractivity contribution in [3.05, 3.63) is 27.9 Å². The molecule has 0 aliphatic heterocycles. The fraction of sp³-hybridized carbons (Fsp3) is 0.500. The van der Waals surface area contributed by atoms with Gasteiger partial charge in [-0.05, 0) is 13.0 Å². The van der Waals surface area contributed by atoms with Gasteiger partial charge in [0.05, 0.1) is 17.1 Å². The number of nitrogens with one attached hydrogen (secondary N) is 1. The first-order valence-corrected chi connectivity index (χ1v) is 5.95. The van der Waals surface area contributed by atoms with Crippen LogP contribution in [0.25, 0.3) is 0 Å². The minimum Gasteiger partial charge on any atom is -0.473 e. The average molecular weight is 264 g/mol. The summed E-state index contributed by atoms with van der Waals surface area (Å²) in [5, 5.41) is 22.7. The highest BCUT2D eigenvalue weighted by Gasteiger charge is 2.17. The number of hydrogen-bond donors (Lipinski definition) is 1. The van der Waals surface area contributed by atoms with E-state index in [-0.39, 0.29) is 17.1 Å². The molecule has 0 radical (unpaired) electrons. The van der Waals surface area contributed by atoms with Crippen molar-refractivity contribution in [3.8, 4) is 11.9 Å². The Bertz CT molecular complexity index is 482. The Balaban J connectivity index is 2.58. The Hall–Kier alpha value is -2.20. The minimum absolute atomic E-state index is 0.0476. The van der Waals surface area contributed by atoms with Gasteiger partial charge in [0.15, 0.2) is 0 Å². The van der Waals surface area contributed by atoms with Crippen LogP contribution in [0, 0.1) is 21.4 Å². The van der Waals surface area contributed by atoms with E-state index in [1.807, 2.05) is 13.8 Å². The van der Waals surface area contributed by atoms with Gasteiger partial charge in [-0.15, -0.1) is 0 Å². The van der Waals surface area contributed by atoms with E-state index in [4.69, 9.17) is 10.00 Å². The third-order valence-electron chi connectivity index (χ3n) is 2.27. The van der Waals surface area contributed by atoms with Crippen molar-refractivity contribution in [2.45, 2.75) is 26.3 Å². The number of nitro groups is 1. The van der Waals surface area contributed by atoms with Crippen molar-refractivity contribution >= 4 is 5.69 Å². The summed E-state index contributed by atoms with van der Waals surface area (Å²) in [5.41, 5.74) is -0.142. The maximum absolute atomic E-state index is 10.8. The van der Waals surface area contributed by atoms with E-state index >= 15 is 0 Å². The van der Waals surface area contributed by atoms with Crippen molar-refractivity contribution in [1.82, 2.24) is 10.3 Å². The van der Waals surface area contributed by atoms with Crippen LogP contribution in [-0.2, 0) is 0 Å². The van der Waals surface area contributed by atoms with Gasteiger partial charge in [0.1, 0.15) is 6.07 Å². The fourth-order valence-electron chi connectivity index (χ4n) is 1.38. The molecule has 0 amide bonds.